The Morgan fingerprint density at radius 3 is 2.58 bits per heavy atom. The summed E-state index contributed by atoms with van der Waals surface area (Å²) in [7, 11) is 1.32. The molecule has 1 N–H and O–H groups in total. The first-order chi connectivity index (χ1) is 11.6. The lowest BCUT2D eigenvalue weighted by Crippen LogP contribution is -2.42. The smallest absolute Gasteiger partial charge is 0.329 e. The summed E-state index contributed by atoms with van der Waals surface area (Å²) in [6.45, 7) is 0. The number of para-hydroxylation sites is 1. The van der Waals surface area contributed by atoms with Crippen molar-refractivity contribution >= 4 is 23.6 Å². The molecule has 5 nitrogen and oxygen atoms in total. The van der Waals surface area contributed by atoms with Gasteiger partial charge in [0, 0.05) is 18.2 Å². The Balaban J connectivity index is 1.87. The van der Waals surface area contributed by atoms with E-state index in [0.717, 1.165) is 16.8 Å². The molecule has 0 saturated heterocycles. The number of fused-ring (bicyclic) bond motifs is 1. The zero-order chi connectivity index (χ0) is 17.1. The number of aromatic hydroxyl groups is 1. The fourth-order valence-electron chi connectivity index (χ4n) is 2.82. The predicted octanol–water partition coefficient (Wildman–Crippen LogP) is 2.54. The number of hydrogen-bond donors (Lipinski definition) is 1. The van der Waals surface area contributed by atoms with Crippen molar-refractivity contribution in [1.82, 2.24) is 0 Å². The van der Waals surface area contributed by atoms with Crippen molar-refractivity contribution in [1.29, 1.82) is 0 Å². The third-order valence-electron chi connectivity index (χ3n) is 4.00. The largest absolute Gasteiger partial charge is 0.508 e. The molecule has 2 aromatic rings. The number of hydrogen-bond acceptors (Lipinski definition) is 4. The quantitative estimate of drug-likeness (QED) is 0.696. The van der Waals surface area contributed by atoms with Crippen molar-refractivity contribution in [3.8, 4) is 5.75 Å². The molecule has 0 aliphatic carbocycles. The minimum atomic E-state index is -0.649. The van der Waals surface area contributed by atoms with Gasteiger partial charge in [0.1, 0.15) is 11.8 Å². The molecule has 0 fully saturated rings. The van der Waals surface area contributed by atoms with Crippen LogP contribution in [0, 0.1) is 0 Å². The van der Waals surface area contributed by atoms with E-state index in [1.165, 1.54) is 18.1 Å². The first-order valence-electron chi connectivity index (χ1n) is 7.56. The molecule has 1 aliphatic rings. The fraction of sp³-hybridized carbons (Fsp3) is 0.158. The summed E-state index contributed by atoms with van der Waals surface area (Å²) in [5.74, 6) is -0.557. The van der Waals surface area contributed by atoms with Gasteiger partial charge in [-0.05, 0) is 35.4 Å². The number of rotatable bonds is 3. The summed E-state index contributed by atoms with van der Waals surface area (Å²) in [5, 5.41) is 9.29. The maximum atomic E-state index is 12.7. The number of anilines is 1. The number of methoxy groups -OCH3 is 1. The van der Waals surface area contributed by atoms with E-state index in [9.17, 15) is 14.7 Å². The molecule has 1 heterocycles. The van der Waals surface area contributed by atoms with Crippen LogP contribution in [0.15, 0.2) is 54.6 Å². The number of ether oxygens (including phenoxy) is 1. The normalized spacial score (nSPS) is 16.2. The van der Waals surface area contributed by atoms with Gasteiger partial charge in [0.25, 0.3) is 5.91 Å². The van der Waals surface area contributed by atoms with Crippen molar-refractivity contribution < 1.29 is 19.4 Å². The van der Waals surface area contributed by atoms with E-state index in [-0.39, 0.29) is 11.7 Å². The van der Waals surface area contributed by atoms with Crippen LogP contribution < -0.4 is 4.90 Å². The fourth-order valence-corrected chi connectivity index (χ4v) is 2.82. The van der Waals surface area contributed by atoms with Crippen molar-refractivity contribution in [2.24, 2.45) is 0 Å². The Bertz CT molecular complexity index is 795. The molecular weight excluding hydrogens is 306 g/mol. The second-order valence-corrected chi connectivity index (χ2v) is 5.50. The molecule has 1 amide bonds. The number of benzene rings is 2. The number of carbonyl (C=O) groups excluding carboxylic acids is 2. The molecule has 0 aromatic heterocycles. The van der Waals surface area contributed by atoms with Gasteiger partial charge in [-0.15, -0.1) is 0 Å². The van der Waals surface area contributed by atoms with Crippen LogP contribution in [-0.4, -0.2) is 30.1 Å². The molecule has 122 valence electrons. The predicted molar refractivity (Wildman–Crippen MR) is 90.6 cm³/mol. The van der Waals surface area contributed by atoms with Gasteiger partial charge in [0.05, 0.1) is 7.11 Å². The first kappa shape index (κ1) is 15.8. The van der Waals surface area contributed by atoms with Crippen molar-refractivity contribution in [3.05, 3.63) is 65.7 Å². The molecule has 0 radical (unpaired) electrons. The van der Waals surface area contributed by atoms with Crippen LogP contribution in [0.1, 0.15) is 11.1 Å². The van der Waals surface area contributed by atoms with Crippen molar-refractivity contribution in [3.63, 3.8) is 0 Å². The lowest BCUT2D eigenvalue weighted by atomic mass is 10.1. The van der Waals surface area contributed by atoms with Crippen molar-refractivity contribution in [2.75, 3.05) is 12.0 Å². The maximum absolute atomic E-state index is 12.7. The van der Waals surface area contributed by atoms with E-state index in [1.807, 2.05) is 24.3 Å². The molecule has 24 heavy (non-hydrogen) atoms. The van der Waals surface area contributed by atoms with Crippen LogP contribution in [0.5, 0.6) is 5.75 Å². The van der Waals surface area contributed by atoms with Crippen LogP contribution >= 0.6 is 0 Å². The Labute approximate surface area is 139 Å². The van der Waals surface area contributed by atoms with Gasteiger partial charge in [-0.1, -0.05) is 30.3 Å². The summed E-state index contributed by atoms with van der Waals surface area (Å²) >= 11 is 0. The van der Waals surface area contributed by atoms with Crippen LogP contribution in [-0.2, 0) is 20.7 Å². The summed E-state index contributed by atoms with van der Waals surface area (Å²) in [5.41, 5.74) is 2.45. The van der Waals surface area contributed by atoms with Gasteiger partial charge in [-0.3, -0.25) is 9.69 Å². The number of amides is 1. The molecular formula is C19H17NO4. The zero-order valence-electron chi connectivity index (χ0n) is 13.2. The molecule has 2 aromatic carbocycles. The standard InChI is InChI=1S/C19H17NO4/c1-24-19(23)17-12-14-4-2-3-5-16(14)20(17)18(22)11-8-13-6-9-15(21)10-7-13/h2-11,17,21H,12H2,1H3/b11-8+/t17-/m1/s1. The Hall–Kier alpha value is -3.08. The second kappa shape index (κ2) is 6.58. The summed E-state index contributed by atoms with van der Waals surface area (Å²) in [4.78, 5) is 26.2. The average Bonchev–Trinajstić information content (AvgIpc) is 3.00. The topological polar surface area (TPSA) is 66.8 Å². The lowest BCUT2D eigenvalue weighted by molar-refractivity contribution is -0.143. The van der Waals surface area contributed by atoms with Crippen LogP contribution in [0.25, 0.3) is 6.08 Å². The first-order valence-corrected chi connectivity index (χ1v) is 7.56. The lowest BCUT2D eigenvalue weighted by Gasteiger charge is -2.22. The summed E-state index contributed by atoms with van der Waals surface area (Å²) in [6.07, 6.45) is 3.52. The number of carbonyl (C=O) groups is 2. The van der Waals surface area contributed by atoms with Gasteiger partial charge in [0.15, 0.2) is 0 Å². The molecule has 5 heteroatoms. The Morgan fingerprint density at radius 2 is 1.88 bits per heavy atom. The number of esters is 1. The van der Waals surface area contributed by atoms with Gasteiger partial charge >= 0.3 is 5.97 Å². The number of nitrogens with zero attached hydrogens (tertiary/aromatic N) is 1. The second-order valence-electron chi connectivity index (χ2n) is 5.50. The minimum Gasteiger partial charge on any atom is -0.508 e. The van der Waals surface area contributed by atoms with E-state index in [4.69, 9.17) is 4.74 Å². The SMILES string of the molecule is COC(=O)[C@H]1Cc2ccccc2N1C(=O)/C=C/c1ccc(O)cc1. The monoisotopic (exact) mass is 323 g/mol. The van der Waals surface area contributed by atoms with E-state index >= 15 is 0 Å². The molecule has 0 bridgehead atoms. The molecule has 1 atom stereocenters. The van der Waals surface area contributed by atoms with Crippen LogP contribution in [0.2, 0.25) is 0 Å². The van der Waals surface area contributed by atoms with E-state index in [2.05, 4.69) is 0 Å². The number of phenolic OH excluding ortho intramolecular Hbond substituents is 1. The maximum Gasteiger partial charge on any atom is 0.329 e. The third kappa shape index (κ3) is 3.01. The van der Waals surface area contributed by atoms with E-state index in [1.54, 1.807) is 30.3 Å². The summed E-state index contributed by atoms with van der Waals surface area (Å²) in [6, 6.07) is 13.3. The van der Waals surface area contributed by atoms with Crippen LogP contribution in [0.3, 0.4) is 0 Å². The van der Waals surface area contributed by atoms with Gasteiger partial charge < -0.3 is 9.84 Å². The zero-order valence-corrected chi connectivity index (χ0v) is 13.2. The Morgan fingerprint density at radius 1 is 1.17 bits per heavy atom. The van der Waals surface area contributed by atoms with Crippen molar-refractivity contribution in [2.45, 2.75) is 12.5 Å². The van der Waals surface area contributed by atoms with E-state index < -0.39 is 12.0 Å². The minimum absolute atomic E-state index is 0.165. The molecule has 0 spiro atoms. The third-order valence-corrected chi connectivity index (χ3v) is 4.00. The highest BCUT2D eigenvalue weighted by Gasteiger charge is 2.37. The molecule has 0 saturated carbocycles. The van der Waals surface area contributed by atoms with Gasteiger partial charge in [0.2, 0.25) is 0 Å². The molecule has 3 rings (SSSR count). The Kier molecular flexibility index (Phi) is 4.33. The molecule has 1 aliphatic heterocycles. The average molecular weight is 323 g/mol. The van der Waals surface area contributed by atoms with Crippen LogP contribution in [0.4, 0.5) is 5.69 Å². The van der Waals surface area contributed by atoms with Gasteiger partial charge in [-0.2, -0.15) is 0 Å². The summed E-state index contributed by atoms with van der Waals surface area (Å²) < 4.78 is 4.84. The van der Waals surface area contributed by atoms with E-state index in [0.29, 0.717) is 6.42 Å². The highest BCUT2D eigenvalue weighted by atomic mass is 16.5. The highest BCUT2D eigenvalue weighted by Crippen LogP contribution is 2.32. The molecule has 0 unspecified atom stereocenters. The van der Waals surface area contributed by atoms with Gasteiger partial charge in [-0.25, -0.2) is 4.79 Å². The number of phenols is 1. The highest BCUT2D eigenvalue weighted by molar-refractivity contribution is 6.09.